The first-order valence-electron chi connectivity index (χ1n) is 9.38. The summed E-state index contributed by atoms with van der Waals surface area (Å²) in [5, 5.41) is 9.07. The minimum atomic E-state index is -0.131. The molecule has 0 aromatic heterocycles. The number of hydrogen-bond donors (Lipinski definition) is 3. The summed E-state index contributed by atoms with van der Waals surface area (Å²) in [6.07, 6.45) is 0.674. The number of benzene rings is 2. The zero-order valence-electron chi connectivity index (χ0n) is 16.4. The van der Waals surface area contributed by atoms with Gasteiger partial charge in [0.2, 0.25) is 5.91 Å². The van der Waals surface area contributed by atoms with Gasteiger partial charge in [-0.2, -0.15) is 0 Å². The van der Waals surface area contributed by atoms with Crippen LogP contribution < -0.4 is 25.4 Å². The third kappa shape index (κ3) is 7.45. The Morgan fingerprint density at radius 3 is 2.52 bits per heavy atom. The lowest BCUT2D eigenvalue weighted by Gasteiger charge is -2.27. The van der Waals surface area contributed by atoms with Crippen LogP contribution in [0.15, 0.2) is 59.6 Å². The number of para-hydroxylation sites is 2. The van der Waals surface area contributed by atoms with E-state index >= 15 is 0 Å². The third-order valence-corrected chi connectivity index (χ3v) is 4.28. The van der Waals surface area contributed by atoms with Gasteiger partial charge in [0.25, 0.3) is 0 Å². The lowest BCUT2D eigenvalue weighted by Crippen LogP contribution is -2.47. The van der Waals surface area contributed by atoms with Crippen molar-refractivity contribution in [2.75, 3.05) is 33.3 Å². The van der Waals surface area contributed by atoms with Crippen LogP contribution in [0, 0.1) is 0 Å². The van der Waals surface area contributed by atoms with Crippen LogP contribution in [0.2, 0.25) is 0 Å². The molecule has 3 N–H and O–H groups in total. The Labute approximate surface area is 188 Å². The van der Waals surface area contributed by atoms with Crippen molar-refractivity contribution < 1.29 is 14.3 Å². The van der Waals surface area contributed by atoms with Gasteiger partial charge in [-0.05, 0) is 24.1 Å². The smallest absolute Gasteiger partial charge is 0.239 e. The van der Waals surface area contributed by atoms with Crippen molar-refractivity contribution >= 4 is 35.8 Å². The number of guanidine groups is 1. The molecule has 1 atom stereocenters. The first kappa shape index (κ1) is 22.8. The van der Waals surface area contributed by atoms with Crippen molar-refractivity contribution in [2.24, 2.45) is 4.99 Å². The molecule has 1 aliphatic heterocycles. The maximum absolute atomic E-state index is 12.0. The van der Waals surface area contributed by atoms with Crippen molar-refractivity contribution in [2.45, 2.75) is 12.5 Å². The highest BCUT2D eigenvalue weighted by Crippen LogP contribution is 2.30. The molecule has 1 unspecified atom stereocenters. The van der Waals surface area contributed by atoms with Crippen LogP contribution >= 0.6 is 24.0 Å². The number of ether oxygens (including phenoxy) is 2. The second-order valence-electron chi connectivity index (χ2n) is 6.39. The standard InChI is InChI=1S/C21H26N4O3.HI/c1-22-21(24-13-17-15-27-18-9-5-6-10-19(18)28-17)25-14-20(26)23-12-11-16-7-3-2-4-8-16;/h2-10,17H,11-15H2,1H3,(H,23,26)(H2,22,24,25);1H. The van der Waals surface area contributed by atoms with Crippen LogP contribution in [0.4, 0.5) is 0 Å². The van der Waals surface area contributed by atoms with Crippen LogP contribution in [0.1, 0.15) is 5.56 Å². The molecule has 7 nitrogen and oxygen atoms in total. The highest BCUT2D eigenvalue weighted by atomic mass is 127. The van der Waals surface area contributed by atoms with E-state index < -0.39 is 0 Å². The van der Waals surface area contributed by atoms with Crippen molar-refractivity contribution in [1.29, 1.82) is 0 Å². The van der Waals surface area contributed by atoms with Crippen LogP contribution in [0.25, 0.3) is 0 Å². The molecule has 0 saturated heterocycles. The molecule has 1 amide bonds. The average Bonchev–Trinajstić information content (AvgIpc) is 2.74. The van der Waals surface area contributed by atoms with Crippen molar-refractivity contribution in [1.82, 2.24) is 16.0 Å². The summed E-state index contributed by atoms with van der Waals surface area (Å²) in [7, 11) is 1.66. The van der Waals surface area contributed by atoms with Gasteiger partial charge in [-0.3, -0.25) is 9.79 Å². The molecule has 8 heteroatoms. The maximum Gasteiger partial charge on any atom is 0.239 e. The summed E-state index contributed by atoms with van der Waals surface area (Å²) in [6.45, 7) is 1.73. The van der Waals surface area contributed by atoms with E-state index in [1.165, 1.54) is 5.56 Å². The Kier molecular flexibility index (Phi) is 9.55. The van der Waals surface area contributed by atoms with Gasteiger partial charge in [-0.25, -0.2) is 0 Å². The molecule has 156 valence electrons. The number of fused-ring (bicyclic) bond motifs is 1. The number of nitrogens with one attached hydrogen (secondary N) is 3. The highest BCUT2D eigenvalue weighted by molar-refractivity contribution is 14.0. The van der Waals surface area contributed by atoms with Crippen LogP contribution in [0.5, 0.6) is 11.5 Å². The van der Waals surface area contributed by atoms with E-state index in [0.717, 1.165) is 17.9 Å². The van der Waals surface area contributed by atoms with E-state index in [1.807, 2.05) is 54.6 Å². The molecule has 2 aromatic carbocycles. The summed E-state index contributed by atoms with van der Waals surface area (Å²) in [6, 6.07) is 17.7. The zero-order chi connectivity index (χ0) is 19.6. The van der Waals surface area contributed by atoms with Gasteiger partial charge in [0.05, 0.1) is 13.1 Å². The van der Waals surface area contributed by atoms with E-state index in [0.29, 0.717) is 25.7 Å². The van der Waals surface area contributed by atoms with Crippen molar-refractivity contribution in [3.05, 3.63) is 60.2 Å². The van der Waals surface area contributed by atoms with Crippen molar-refractivity contribution in [3.63, 3.8) is 0 Å². The molecule has 0 spiro atoms. The minimum Gasteiger partial charge on any atom is -0.486 e. The lowest BCUT2D eigenvalue weighted by atomic mass is 10.1. The van der Waals surface area contributed by atoms with Crippen LogP contribution in [-0.4, -0.2) is 51.3 Å². The summed E-state index contributed by atoms with van der Waals surface area (Å²) >= 11 is 0. The number of rotatable bonds is 7. The van der Waals surface area contributed by atoms with E-state index in [2.05, 4.69) is 20.9 Å². The predicted octanol–water partition coefficient (Wildman–Crippen LogP) is 1.97. The number of nitrogens with zero attached hydrogens (tertiary/aromatic N) is 1. The summed E-state index contributed by atoms with van der Waals surface area (Å²) < 4.78 is 11.6. The van der Waals surface area contributed by atoms with E-state index in [4.69, 9.17) is 9.47 Å². The maximum atomic E-state index is 12.0. The van der Waals surface area contributed by atoms with Gasteiger partial charge in [0.1, 0.15) is 12.7 Å². The largest absolute Gasteiger partial charge is 0.486 e. The number of aliphatic imine (C=N–C) groups is 1. The summed E-state index contributed by atoms with van der Waals surface area (Å²) in [5.74, 6) is 1.96. The minimum absolute atomic E-state index is 0. The molecule has 0 fully saturated rings. The Balaban J connectivity index is 0.00000300. The van der Waals surface area contributed by atoms with Gasteiger partial charge >= 0.3 is 0 Å². The topological polar surface area (TPSA) is 84.0 Å². The molecule has 3 rings (SSSR count). The van der Waals surface area contributed by atoms with Gasteiger partial charge < -0.3 is 25.4 Å². The normalized spacial score (nSPS) is 15.1. The molecule has 1 aliphatic rings. The van der Waals surface area contributed by atoms with Crippen LogP contribution in [0.3, 0.4) is 0 Å². The predicted molar refractivity (Wildman–Crippen MR) is 124 cm³/mol. The fourth-order valence-corrected chi connectivity index (χ4v) is 2.81. The second kappa shape index (κ2) is 12.2. The van der Waals surface area contributed by atoms with E-state index in [9.17, 15) is 4.79 Å². The Morgan fingerprint density at radius 2 is 1.76 bits per heavy atom. The van der Waals surface area contributed by atoms with Gasteiger partial charge in [0, 0.05) is 13.6 Å². The quantitative estimate of drug-likeness (QED) is 0.302. The molecule has 0 saturated carbocycles. The average molecular weight is 510 g/mol. The van der Waals surface area contributed by atoms with Gasteiger partial charge in [-0.1, -0.05) is 42.5 Å². The fraction of sp³-hybridized carbons (Fsp3) is 0.333. The Bertz CT molecular complexity index is 802. The Morgan fingerprint density at radius 1 is 1.03 bits per heavy atom. The molecule has 0 bridgehead atoms. The van der Waals surface area contributed by atoms with Gasteiger partial charge in [-0.15, -0.1) is 24.0 Å². The molecule has 29 heavy (non-hydrogen) atoms. The molecular weight excluding hydrogens is 483 g/mol. The van der Waals surface area contributed by atoms with Crippen LogP contribution in [-0.2, 0) is 11.2 Å². The molecule has 0 radical (unpaired) electrons. The number of halogens is 1. The second-order valence-corrected chi connectivity index (χ2v) is 6.39. The number of amides is 1. The van der Waals surface area contributed by atoms with Gasteiger partial charge in [0.15, 0.2) is 17.5 Å². The number of carbonyl (C=O) groups is 1. The highest BCUT2D eigenvalue weighted by Gasteiger charge is 2.20. The summed E-state index contributed by atoms with van der Waals surface area (Å²) in [4.78, 5) is 16.1. The SMILES string of the molecule is CN=C(NCC(=O)NCCc1ccccc1)NCC1COc2ccccc2O1.I. The lowest BCUT2D eigenvalue weighted by molar-refractivity contribution is -0.119. The fourth-order valence-electron chi connectivity index (χ4n) is 2.81. The van der Waals surface area contributed by atoms with E-state index in [-0.39, 0.29) is 42.5 Å². The zero-order valence-corrected chi connectivity index (χ0v) is 18.7. The first-order chi connectivity index (χ1) is 13.7. The first-order valence-corrected chi connectivity index (χ1v) is 9.38. The van der Waals surface area contributed by atoms with E-state index in [1.54, 1.807) is 7.05 Å². The number of hydrogen-bond acceptors (Lipinski definition) is 4. The third-order valence-electron chi connectivity index (χ3n) is 4.28. The molecule has 0 aliphatic carbocycles. The summed E-state index contributed by atoms with van der Waals surface area (Å²) in [5.41, 5.74) is 1.20. The molecular formula is C21H27IN4O3. The molecule has 1 heterocycles. The molecule has 2 aromatic rings. The monoisotopic (exact) mass is 510 g/mol. The Hall–Kier alpha value is -2.49. The number of carbonyl (C=O) groups excluding carboxylic acids is 1. The van der Waals surface area contributed by atoms with Crippen molar-refractivity contribution in [3.8, 4) is 11.5 Å².